The summed E-state index contributed by atoms with van der Waals surface area (Å²) in [5.74, 6) is 0. The third-order valence-electron chi connectivity index (χ3n) is 19.9. The highest BCUT2D eigenvalue weighted by molar-refractivity contribution is 8.00. The molecule has 6 heteroatoms. The Kier molecular flexibility index (Phi) is 10.5. The van der Waals surface area contributed by atoms with E-state index < -0.39 is 0 Å². The number of hydrogen-bond acceptors (Lipinski definition) is 4. The van der Waals surface area contributed by atoms with E-state index in [2.05, 4.69) is 322 Å². The van der Waals surface area contributed by atoms with Crippen LogP contribution in [0.4, 0.5) is 34.1 Å². The Morgan fingerprint density at radius 1 is 0.196 bits per heavy atom. The van der Waals surface area contributed by atoms with Crippen molar-refractivity contribution < 1.29 is 0 Å². The van der Waals surface area contributed by atoms with Crippen LogP contribution >= 0.6 is 23.5 Å². The van der Waals surface area contributed by atoms with Crippen LogP contribution in [-0.4, -0.2) is 9.13 Å². The molecule has 426 valence electrons. The van der Waals surface area contributed by atoms with Gasteiger partial charge in [0.15, 0.2) is 0 Å². The van der Waals surface area contributed by atoms with E-state index in [1.54, 1.807) is 0 Å². The third kappa shape index (κ3) is 6.89. The molecule has 0 unspecified atom stereocenters. The average molecular weight is 1200 g/mol. The Labute approximate surface area is 537 Å². The van der Waals surface area contributed by atoms with Crippen LogP contribution in [0.25, 0.3) is 142 Å². The maximum absolute atomic E-state index is 2.56. The summed E-state index contributed by atoms with van der Waals surface area (Å²) in [6, 6.07) is 114. The maximum atomic E-state index is 2.56. The molecule has 0 saturated carbocycles. The van der Waals surface area contributed by atoms with Crippen LogP contribution in [0.15, 0.2) is 323 Å². The molecular formula is C86H50N4S2. The summed E-state index contributed by atoms with van der Waals surface area (Å²) in [6.45, 7) is 0. The van der Waals surface area contributed by atoms with Gasteiger partial charge in [-0.25, -0.2) is 0 Å². The molecule has 2 aromatic heterocycles. The lowest BCUT2D eigenvalue weighted by Gasteiger charge is -2.34. The molecule has 21 rings (SSSR count). The molecule has 0 saturated heterocycles. The van der Waals surface area contributed by atoms with E-state index in [1.165, 1.54) is 173 Å². The smallest absolute Gasteiger partial charge is 0.0623 e. The molecule has 0 aliphatic carbocycles. The monoisotopic (exact) mass is 1200 g/mol. The van der Waals surface area contributed by atoms with Crippen LogP contribution in [0.3, 0.4) is 0 Å². The van der Waals surface area contributed by atoms with Gasteiger partial charge in [-0.15, -0.1) is 0 Å². The van der Waals surface area contributed by atoms with Crippen LogP contribution in [0.5, 0.6) is 0 Å². The van der Waals surface area contributed by atoms with Crippen molar-refractivity contribution >= 4 is 166 Å². The van der Waals surface area contributed by atoms with Gasteiger partial charge in [-0.05, 0) is 173 Å². The summed E-state index contributed by atoms with van der Waals surface area (Å²) >= 11 is 3.75. The number of hydrogen-bond donors (Lipinski definition) is 0. The lowest BCUT2D eigenvalue weighted by molar-refractivity contribution is 1.15. The first kappa shape index (κ1) is 50.6. The summed E-state index contributed by atoms with van der Waals surface area (Å²) in [5.41, 5.74) is 19.1. The standard InChI is InChI=1S/C86H50N4S2/c1-5-23-51(24-6-1)79-83-59-35-21-33-57-68(90-70-40-18-20-42-76(70)92-78-48-64-56-32-14-16-38-66(56)88(72(64)50-74(78)90)54-29-11-4-12-30-54)46-44-62(81(57)59)86(83)80(52-25-7-2-8-26-52)84-60-36-22-34-58-67(45-43-61(82(58)60)85(79)84)89-69-39-17-19-41-75(69)91-77-47-63-55-31-13-15-37-65(55)87(71(63)49-73(77)89)53-27-9-3-10-28-53/h1-50H. The molecule has 0 radical (unpaired) electrons. The molecule has 2 aliphatic rings. The van der Waals surface area contributed by atoms with Gasteiger partial charge < -0.3 is 18.9 Å². The molecule has 4 nitrogen and oxygen atoms in total. The lowest BCUT2D eigenvalue weighted by Crippen LogP contribution is -2.15. The molecule has 0 spiro atoms. The summed E-state index contributed by atoms with van der Waals surface area (Å²) < 4.78 is 4.89. The summed E-state index contributed by atoms with van der Waals surface area (Å²) in [7, 11) is 0. The number of aromatic nitrogens is 2. The molecule has 0 amide bonds. The molecule has 0 N–H and O–H groups in total. The van der Waals surface area contributed by atoms with Gasteiger partial charge in [-0.1, -0.05) is 230 Å². The Morgan fingerprint density at radius 2 is 0.543 bits per heavy atom. The van der Waals surface area contributed by atoms with Gasteiger partial charge in [0.1, 0.15) is 0 Å². The van der Waals surface area contributed by atoms with Crippen molar-refractivity contribution in [2.45, 2.75) is 19.6 Å². The molecule has 92 heavy (non-hydrogen) atoms. The van der Waals surface area contributed by atoms with Crippen LogP contribution in [0.2, 0.25) is 0 Å². The number of benzene rings is 15. The second kappa shape index (κ2) is 19.1. The van der Waals surface area contributed by atoms with E-state index in [1.807, 2.05) is 23.5 Å². The zero-order chi connectivity index (χ0) is 59.9. The van der Waals surface area contributed by atoms with Gasteiger partial charge in [0.05, 0.1) is 56.2 Å². The first-order valence-corrected chi connectivity index (χ1v) is 33.2. The number of anilines is 6. The predicted octanol–water partition coefficient (Wildman–Crippen LogP) is 24.9. The average Bonchev–Trinajstić information content (AvgIpc) is 1.51. The summed E-state index contributed by atoms with van der Waals surface area (Å²) in [4.78, 5) is 10.1. The lowest BCUT2D eigenvalue weighted by atomic mass is 9.87. The highest BCUT2D eigenvalue weighted by atomic mass is 32.2. The Bertz CT molecular complexity index is 5870. The van der Waals surface area contributed by atoms with Crippen LogP contribution < -0.4 is 9.80 Å². The van der Waals surface area contributed by atoms with E-state index >= 15 is 0 Å². The molecule has 0 fully saturated rings. The van der Waals surface area contributed by atoms with Crippen LogP contribution in [0, 0.1) is 0 Å². The molecular weight excluding hydrogens is 1150 g/mol. The number of rotatable bonds is 6. The van der Waals surface area contributed by atoms with Crippen molar-refractivity contribution in [3.8, 4) is 33.6 Å². The minimum absolute atomic E-state index is 1.15. The molecule has 17 aromatic carbocycles. The van der Waals surface area contributed by atoms with Crippen molar-refractivity contribution in [3.63, 3.8) is 0 Å². The van der Waals surface area contributed by atoms with E-state index in [0.29, 0.717) is 0 Å². The fourth-order valence-electron chi connectivity index (χ4n) is 16.3. The fraction of sp³-hybridized carbons (Fsp3) is 0. The zero-order valence-electron chi connectivity index (χ0n) is 49.5. The van der Waals surface area contributed by atoms with Crippen LogP contribution in [-0.2, 0) is 0 Å². The molecule has 0 atom stereocenters. The van der Waals surface area contributed by atoms with Crippen molar-refractivity contribution in [2.75, 3.05) is 9.80 Å². The van der Waals surface area contributed by atoms with Gasteiger partial charge in [0, 0.05) is 63.3 Å². The highest BCUT2D eigenvalue weighted by Gasteiger charge is 2.34. The van der Waals surface area contributed by atoms with E-state index in [4.69, 9.17) is 0 Å². The van der Waals surface area contributed by atoms with Gasteiger partial charge in [-0.2, -0.15) is 0 Å². The maximum Gasteiger partial charge on any atom is 0.0623 e. The van der Waals surface area contributed by atoms with Crippen molar-refractivity contribution in [2.24, 2.45) is 0 Å². The second-order valence-corrected chi connectivity index (χ2v) is 26.7. The minimum Gasteiger partial charge on any atom is -0.309 e. The Balaban J connectivity index is 0.849. The Morgan fingerprint density at radius 3 is 0.978 bits per heavy atom. The predicted molar refractivity (Wildman–Crippen MR) is 391 cm³/mol. The first-order chi connectivity index (χ1) is 45.7. The molecule has 19 aromatic rings. The number of fused-ring (bicyclic) bond motifs is 16. The number of para-hydroxylation sites is 6. The van der Waals surface area contributed by atoms with Crippen molar-refractivity contribution in [3.05, 3.63) is 303 Å². The van der Waals surface area contributed by atoms with Crippen molar-refractivity contribution in [1.82, 2.24) is 9.13 Å². The van der Waals surface area contributed by atoms with Crippen LogP contribution in [0.1, 0.15) is 0 Å². The summed E-state index contributed by atoms with van der Waals surface area (Å²) in [6.07, 6.45) is 0. The zero-order valence-corrected chi connectivity index (χ0v) is 51.1. The third-order valence-corrected chi connectivity index (χ3v) is 22.1. The van der Waals surface area contributed by atoms with Gasteiger partial charge in [0.25, 0.3) is 0 Å². The summed E-state index contributed by atoms with van der Waals surface area (Å²) in [5, 5.41) is 20.2. The van der Waals surface area contributed by atoms with E-state index in [9.17, 15) is 0 Å². The normalized spacial score (nSPS) is 13.1. The largest absolute Gasteiger partial charge is 0.309 e. The van der Waals surface area contributed by atoms with E-state index in [0.717, 1.165) is 22.7 Å². The second-order valence-electron chi connectivity index (χ2n) is 24.6. The van der Waals surface area contributed by atoms with Gasteiger partial charge in [0.2, 0.25) is 0 Å². The topological polar surface area (TPSA) is 16.3 Å². The molecule has 4 heterocycles. The van der Waals surface area contributed by atoms with Gasteiger partial charge in [-0.3, -0.25) is 0 Å². The Hall–Kier alpha value is -11.3. The fourth-order valence-corrected chi connectivity index (χ4v) is 18.4. The quantitative estimate of drug-likeness (QED) is 0.165. The van der Waals surface area contributed by atoms with Gasteiger partial charge >= 0.3 is 0 Å². The molecule has 2 aliphatic heterocycles. The SMILES string of the molecule is c1ccc(-c2c3c4cccc5c(N6c7ccccc7Sc7cc8c9ccccc9n(-c9ccccc9)c8cc76)ccc(c3c(-c3ccccc3)c3c6cccc7c(N8c9ccccc9Sc9cc%10c%11ccccc%11n(-c%11ccccc%11)c%10cc98)ccc(c23)c76)c54)cc1. The number of nitrogens with zero attached hydrogens (tertiary/aromatic N) is 4. The highest BCUT2D eigenvalue weighted by Crippen LogP contribution is 2.61. The minimum atomic E-state index is 1.15. The van der Waals surface area contributed by atoms with E-state index in [-0.39, 0.29) is 0 Å². The molecule has 0 bridgehead atoms. The van der Waals surface area contributed by atoms with Crippen molar-refractivity contribution in [1.29, 1.82) is 0 Å². The first-order valence-electron chi connectivity index (χ1n) is 31.6.